The molecule has 1 aromatic rings. The summed E-state index contributed by atoms with van der Waals surface area (Å²) < 4.78 is 23.3. The second-order valence-corrected chi connectivity index (χ2v) is 6.35. The Morgan fingerprint density at radius 2 is 2.16 bits per heavy atom. The fourth-order valence-corrected chi connectivity index (χ4v) is 3.70. The molecule has 0 spiro atoms. The van der Waals surface area contributed by atoms with Crippen molar-refractivity contribution in [1.29, 1.82) is 0 Å². The smallest absolute Gasteiger partial charge is 0.123 e. The van der Waals surface area contributed by atoms with Crippen LogP contribution in [-0.4, -0.2) is 29.3 Å². The number of hydrogen-bond acceptors (Lipinski definition) is 4. The average Bonchev–Trinajstić information content (AvgIpc) is 2.43. The number of nitrogen functional groups attached to an aromatic ring is 1. The molecule has 19 heavy (non-hydrogen) atoms. The van der Waals surface area contributed by atoms with Gasteiger partial charge in [0.25, 0.3) is 0 Å². The van der Waals surface area contributed by atoms with Crippen molar-refractivity contribution in [2.45, 2.75) is 30.8 Å². The van der Waals surface area contributed by atoms with Crippen LogP contribution in [0.3, 0.4) is 0 Å². The van der Waals surface area contributed by atoms with Crippen molar-refractivity contribution in [3.63, 3.8) is 0 Å². The van der Waals surface area contributed by atoms with Gasteiger partial charge in [-0.3, -0.25) is 4.21 Å². The molecule has 0 saturated carbocycles. The van der Waals surface area contributed by atoms with Crippen LogP contribution in [-0.2, 0) is 21.3 Å². The van der Waals surface area contributed by atoms with Crippen LogP contribution >= 0.6 is 0 Å². The van der Waals surface area contributed by atoms with Gasteiger partial charge in [0.2, 0.25) is 0 Å². The summed E-state index contributed by atoms with van der Waals surface area (Å²) in [5.41, 5.74) is 7.42. The zero-order valence-electron chi connectivity index (χ0n) is 11.3. The molecule has 0 bridgehead atoms. The Morgan fingerprint density at radius 1 is 1.42 bits per heavy atom. The second kappa shape index (κ2) is 6.91. The zero-order chi connectivity index (χ0) is 13.7. The summed E-state index contributed by atoms with van der Waals surface area (Å²) in [4.78, 5) is 0. The number of nitrogens with two attached hydrogens (primary N) is 1. The van der Waals surface area contributed by atoms with Crippen molar-refractivity contribution < 1.29 is 13.7 Å². The van der Waals surface area contributed by atoms with Crippen molar-refractivity contribution in [2.75, 3.05) is 25.6 Å². The Labute approximate surface area is 116 Å². The van der Waals surface area contributed by atoms with Crippen LogP contribution in [0.4, 0.5) is 5.69 Å². The van der Waals surface area contributed by atoms with E-state index in [1.807, 2.05) is 25.1 Å². The Hall–Kier alpha value is -1.07. The minimum atomic E-state index is -0.895. The molecule has 1 atom stereocenters. The molecule has 1 aromatic carbocycles. The number of ether oxygens (including phenoxy) is 2. The molecule has 1 heterocycles. The van der Waals surface area contributed by atoms with Crippen LogP contribution in [0.25, 0.3) is 0 Å². The molecule has 1 fully saturated rings. The van der Waals surface area contributed by atoms with Gasteiger partial charge >= 0.3 is 0 Å². The zero-order valence-corrected chi connectivity index (χ0v) is 12.1. The van der Waals surface area contributed by atoms with Crippen molar-refractivity contribution in [3.05, 3.63) is 23.8 Å². The van der Waals surface area contributed by atoms with E-state index in [4.69, 9.17) is 15.2 Å². The van der Waals surface area contributed by atoms with Crippen LogP contribution in [0, 0.1) is 0 Å². The lowest BCUT2D eigenvalue weighted by Gasteiger charge is -2.22. The van der Waals surface area contributed by atoms with E-state index in [9.17, 15) is 4.21 Å². The van der Waals surface area contributed by atoms with Gasteiger partial charge in [0, 0.05) is 40.5 Å². The average molecular weight is 283 g/mol. The molecule has 1 unspecified atom stereocenters. The Balaban J connectivity index is 2.08. The third kappa shape index (κ3) is 3.94. The fourth-order valence-electron chi connectivity index (χ4n) is 2.22. The molecule has 0 aliphatic carbocycles. The number of benzene rings is 1. The van der Waals surface area contributed by atoms with E-state index >= 15 is 0 Å². The lowest BCUT2D eigenvalue weighted by molar-refractivity contribution is 0.0992. The van der Waals surface area contributed by atoms with Crippen molar-refractivity contribution in [1.82, 2.24) is 0 Å². The van der Waals surface area contributed by atoms with Crippen LogP contribution in [0.1, 0.15) is 25.3 Å². The van der Waals surface area contributed by atoms with Gasteiger partial charge in [-0.1, -0.05) is 0 Å². The molecule has 0 amide bonds. The first-order valence-electron chi connectivity index (χ1n) is 6.67. The van der Waals surface area contributed by atoms with Crippen LogP contribution in [0.15, 0.2) is 18.2 Å². The predicted octanol–water partition coefficient (Wildman–Crippen LogP) is 2.10. The van der Waals surface area contributed by atoms with Gasteiger partial charge in [-0.05, 0) is 38.0 Å². The minimum absolute atomic E-state index is 0.227. The topological polar surface area (TPSA) is 61.5 Å². The molecule has 5 heteroatoms. The van der Waals surface area contributed by atoms with Crippen molar-refractivity contribution in [2.24, 2.45) is 0 Å². The molecular formula is C14H21NO3S. The molecule has 1 aliphatic heterocycles. The minimum Gasteiger partial charge on any atom is -0.494 e. The van der Waals surface area contributed by atoms with Crippen molar-refractivity contribution in [3.8, 4) is 5.75 Å². The highest BCUT2D eigenvalue weighted by Crippen LogP contribution is 2.25. The van der Waals surface area contributed by atoms with Gasteiger partial charge in [0.15, 0.2) is 0 Å². The van der Waals surface area contributed by atoms with Crippen LogP contribution in [0.5, 0.6) is 5.75 Å². The SMILES string of the molecule is CCOc1ccc(N)cc1CS(=O)C1CCOCC1. The van der Waals surface area contributed by atoms with E-state index in [0.29, 0.717) is 31.3 Å². The van der Waals surface area contributed by atoms with Gasteiger partial charge in [0.05, 0.1) is 12.4 Å². The maximum atomic E-state index is 12.4. The lowest BCUT2D eigenvalue weighted by Crippen LogP contribution is -2.25. The number of rotatable bonds is 5. The van der Waals surface area contributed by atoms with E-state index in [0.717, 1.165) is 24.2 Å². The summed E-state index contributed by atoms with van der Waals surface area (Å²) in [6.45, 7) is 3.97. The molecule has 0 aromatic heterocycles. The third-order valence-electron chi connectivity index (χ3n) is 3.22. The van der Waals surface area contributed by atoms with Gasteiger partial charge < -0.3 is 15.2 Å². The molecule has 1 saturated heterocycles. The van der Waals surface area contributed by atoms with E-state index in [-0.39, 0.29) is 5.25 Å². The molecule has 2 rings (SSSR count). The van der Waals surface area contributed by atoms with Gasteiger partial charge in [-0.15, -0.1) is 0 Å². The first-order chi connectivity index (χ1) is 9.20. The Kier molecular flexibility index (Phi) is 5.22. The summed E-state index contributed by atoms with van der Waals surface area (Å²) in [6, 6.07) is 5.53. The molecular weight excluding hydrogens is 262 g/mol. The maximum Gasteiger partial charge on any atom is 0.123 e. The summed E-state index contributed by atoms with van der Waals surface area (Å²) in [6.07, 6.45) is 1.75. The third-order valence-corrected chi connectivity index (χ3v) is 5.03. The normalized spacial score (nSPS) is 18.2. The first-order valence-corrected chi connectivity index (χ1v) is 8.05. The number of anilines is 1. The van der Waals surface area contributed by atoms with Crippen LogP contribution in [0.2, 0.25) is 0 Å². The van der Waals surface area contributed by atoms with Crippen molar-refractivity contribution >= 4 is 16.5 Å². The van der Waals surface area contributed by atoms with Gasteiger partial charge in [0.1, 0.15) is 5.75 Å². The Bertz CT molecular complexity index is 444. The lowest BCUT2D eigenvalue weighted by atomic mass is 10.2. The molecule has 4 nitrogen and oxygen atoms in total. The highest BCUT2D eigenvalue weighted by Gasteiger charge is 2.21. The summed E-state index contributed by atoms with van der Waals surface area (Å²) in [7, 11) is -0.895. The Morgan fingerprint density at radius 3 is 2.84 bits per heavy atom. The second-order valence-electron chi connectivity index (χ2n) is 4.64. The van der Waals surface area contributed by atoms with E-state index < -0.39 is 10.8 Å². The summed E-state index contributed by atoms with van der Waals surface area (Å²) >= 11 is 0. The number of hydrogen-bond donors (Lipinski definition) is 1. The van der Waals surface area contributed by atoms with Gasteiger partial charge in [-0.25, -0.2) is 0 Å². The van der Waals surface area contributed by atoms with Gasteiger partial charge in [-0.2, -0.15) is 0 Å². The molecule has 1 aliphatic rings. The van der Waals surface area contributed by atoms with E-state index in [1.54, 1.807) is 0 Å². The highest BCUT2D eigenvalue weighted by atomic mass is 32.2. The quantitative estimate of drug-likeness (QED) is 0.841. The predicted molar refractivity (Wildman–Crippen MR) is 77.7 cm³/mol. The molecule has 0 radical (unpaired) electrons. The highest BCUT2D eigenvalue weighted by molar-refractivity contribution is 7.84. The van der Waals surface area contributed by atoms with Crippen LogP contribution < -0.4 is 10.5 Å². The summed E-state index contributed by atoms with van der Waals surface area (Å²) in [5.74, 6) is 1.29. The fraction of sp³-hybridized carbons (Fsp3) is 0.571. The largest absolute Gasteiger partial charge is 0.494 e. The summed E-state index contributed by atoms with van der Waals surface area (Å²) in [5, 5.41) is 0.227. The molecule has 106 valence electrons. The maximum absolute atomic E-state index is 12.4. The first kappa shape index (κ1) is 14.3. The standard InChI is InChI=1S/C14H21NO3S/c1-2-18-14-4-3-12(15)9-11(14)10-19(16)13-5-7-17-8-6-13/h3-4,9,13H,2,5-8,10,15H2,1H3. The molecule has 2 N–H and O–H groups in total. The monoisotopic (exact) mass is 283 g/mol. The van der Waals surface area contributed by atoms with E-state index in [2.05, 4.69) is 0 Å². The van der Waals surface area contributed by atoms with E-state index in [1.165, 1.54) is 0 Å².